The molecule has 0 spiro atoms. The fraction of sp³-hybridized carbons (Fsp3) is 0.143. The van der Waals surface area contributed by atoms with Crippen molar-refractivity contribution >= 4 is 13.5 Å². The van der Waals surface area contributed by atoms with Crippen LogP contribution in [0.15, 0.2) is 24.5 Å². The van der Waals surface area contributed by atoms with Crippen LogP contribution in [0.4, 0.5) is 0 Å². The van der Waals surface area contributed by atoms with Crippen molar-refractivity contribution in [2.24, 2.45) is 0 Å². The Hall–Kier alpha value is -0.711. The summed E-state index contributed by atoms with van der Waals surface area (Å²) in [5, 5.41) is 1.97. The van der Waals surface area contributed by atoms with E-state index in [9.17, 15) is 19.1 Å². The minimum Gasteiger partial charge on any atom is -0.810 e. The molecule has 0 aliphatic heterocycles. The average molecular weight is 270 g/mol. The number of hydrogen-bond donors (Lipinski definition) is 1. The van der Waals surface area contributed by atoms with Crippen molar-refractivity contribution < 1.29 is 36.2 Å². The van der Waals surface area contributed by atoms with Gasteiger partial charge in [-0.25, -0.2) is 0 Å². The van der Waals surface area contributed by atoms with E-state index in [4.69, 9.17) is 0 Å². The number of nitrogens with zero attached hydrogens (tertiary/aromatic N) is 1. The standard InChI is InChI=1S/C7H9N2O4P.Fe/c10-7(9-5-14(11,12)13)6-2-1-3-8-4-6;/h1-4H,5H2,(H,9,10)(H2,11,12,13);/q;+2/p-2. The van der Waals surface area contributed by atoms with Crippen molar-refractivity contribution in [2.45, 2.75) is 0 Å². The van der Waals surface area contributed by atoms with E-state index in [0.29, 0.717) is 0 Å². The van der Waals surface area contributed by atoms with E-state index in [1.165, 1.54) is 24.5 Å². The van der Waals surface area contributed by atoms with E-state index in [0.717, 1.165) is 0 Å². The van der Waals surface area contributed by atoms with Gasteiger partial charge in [0, 0.05) is 18.7 Å². The second kappa shape index (κ2) is 6.00. The van der Waals surface area contributed by atoms with Crippen LogP contribution in [0.3, 0.4) is 0 Å². The molecule has 8 heteroatoms. The third kappa shape index (κ3) is 5.67. The molecule has 0 saturated heterocycles. The number of amides is 1. The maximum atomic E-state index is 11.1. The van der Waals surface area contributed by atoms with E-state index < -0.39 is 19.8 Å². The van der Waals surface area contributed by atoms with Gasteiger partial charge in [0.1, 0.15) is 0 Å². The van der Waals surface area contributed by atoms with Crippen LogP contribution in [0.1, 0.15) is 10.4 Å². The molecule has 82 valence electrons. The van der Waals surface area contributed by atoms with Gasteiger partial charge in [-0.2, -0.15) is 0 Å². The molecule has 0 fully saturated rings. The van der Waals surface area contributed by atoms with Gasteiger partial charge in [-0.3, -0.25) is 9.78 Å². The summed E-state index contributed by atoms with van der Waals surface area (Å²) in [5.74, 6) is -0.634. The molecule has 0 aliphatic carbocycles. The average Bonchev–Trinajstić information content (AvgIpc) is 2.14. The van der Waals surface area contributed by atoms with Crippen molar-refractivity contribution in [3.8, 4) is 0 Å². The van der Waals surface area contributed by atoms with Crippen molar-refractivity contribution in [1.82, 2.24) is 10.3 Å². The van der Waals surface area contributed by atoms with Gasteiger partial charge in [-0.1, -0.05) is 0 Å². The molecule has 0 atom stereocenters. The number of carbonyl (C=O) groups is 1. The first-order valence-electron chi connectivity index (χ1n) is 3.68. The first-order valence-corrected chi connectivity index (χ1v) is 5.41. The molecule has 1 aromatic heterocycles. The van der Waals surface area contributed by atoms with Crippen LogP contribution in [0.2, 0.25) is 0 Å². The maximum absolute atomic E-state index is 11.1. The SMILES string of the molecule is O=C(NCP(=O)([O-])[O-])c1cccnc1.[Fe+2]. The molecule has 0 saturated carbocycles. The Balaban J connectivity index is 0.00000196. The molecular weight excluding hydrogens is 263 g/mol. The molecule has 15 heavy (non-hydrogen) atoms. The predicted molar refractivity (Wildman–Crippen MR) is 44.2 cm³/mol. The number of aromatic nitrogens is 1. The molecule has 0 aromatic carbocycles. The number of hydrogen-bond acceptors (Lipinski definition) is 5. The summed E-state index contributed by atoms with van der Waals surface area (Å²) in [6.07, 6.45) is 1.86. The van der Waals surface area contributed by atoms with Gasteiger partial charge in [0.2, 0.25) is 0 Å². The van der Waals surface area contributed by atoms with E-state index in [2.05, 4.69) is 4.98 Å². The maximum Gasteiger partial charge on any atom is 2.00 e. The minimum atomic E-state index is -4.69. The first-order chi connectivity index (χ1) is 6.49. The Morgan fingerprint density at radius 1 is 1.53 bits per heavy atom. The second-order valence-electron chi connectivity index (χ2n) is 2.52. The molecule has 0 aliphatic rings. The van der Waals surface area contributed by atoms with Crippen molar-refractivity contribution in [2.75, 3.05) is 6.29 Å². The van der Waals surface area contributed by atoms with E-state index in [1.807, 2.05) is 5.32 Å². The molecule has 1 amide bonds. The summed E-state index contributed by atoms with van der Waals surface area (Å²) < 4.78 is 10.2. The second-order valence-corrected chi connectivity index (χ2v) is 4.05. The predicted octanol–water partition coefficient (Wildman–Crippen LogP) is -1.32. The summed E-state index contributed by atoms with van der Waals surface area (Å²) >= 11 is 0. The van der Waals surface area contributed by atoms with Crippen LogP contribution in [0, 0.1) is 0 Å². The quantitative estimate of drug-likeness (QED) is 0.541. The smallest absolute Gasteiger partial charge is 0.810 e. The van der Waals surface area contributed by atoms with Crippen LogP contribution >= 0.6 is 7.60 Å². The summed E-state index contributed by atoms with van der Waals surface area (Å²) in [7, 11) is -4.69. The molecule has 1 N–H and O–H groups in total. The molecule has 0 radical (unpaired) electrons. The van der Waals surface area contributed by atoms with Gasteiger partial charge in [0.05, 0.1) is 5.56 Å². The monoisotopic (exact) mass is 270 g/mol. The minimum absolute atomic E-state index is 0. The molecule has 0 bridgehead atoms. The van der Waals surface area contributed by atoms with Crippen molar-refractivity contribution in [3.63, 3.8) is 0 Å². The number of pyridine rings is 1. The van der Waals surface area contributed by atoms with E-state index in [-0.39, 0.29) is 22.6 Å². The Bertz CT molecular complexity index is 367. The van der Waals surface area contributed by atoms with Crippen molar-refractivity contribution in [1.29, 1.82) is 0 Å². The number of rotatable bonds is 3. The topological polar surface area (TPSA) is 105 Å². The summed E-state index contributed by atoms with van der Waals surface area (Å²) in [6.45, 7) is 0. The zero-order chi connectivity index (χ0) is 10.6. The number of nitrogens with one attached hydrogen (secondary N) is 1. The Kier molecular flexibility index (Phi) is 5.72. The van der Waals surface area contributed by atoms with Gasteiger partial charge in [-0.05, 0) is 19.7 Å². The first kappa shape index (κ1) is 14.3. The van der Waals surface area contributed by atoms with Crippen LogP contribution in [-0.4, -0.2) is 17.2 Å². The van der Waals surface area contributed by atoms with Crippen LogP contribution in [-0.2, 0) is 21.6 Å². The summed E-state index contributed by atoms with van der Waals surface area (Å²) in [6, 6.07) is 2.99. The Morgan fingerprint density at radius 3 is 2.67 bits per heavy atom. The third-order valence-electron chi connectivity index (χ3n) is 1.36. The molecule has 1 rings (SSSR count). The number of carbonyl (C=O) groups excluding carboxylic acids is 1. The Labute approximate surface area is 96.7 Å². The molecule has 6 nitrogen and oxygen atoms in total. The molecule has 1 aromatic rings. The zero-order valence-electron chi connectivity index (χ0n) is 7.40. The third-order valence-corrected chi connectivity index (χ3v) is 1.90. The van der Waals surface area contributed by atoms with Crippen LogP contribution < -0.4 is 15.1 Å². The van der Waals surface area contributed by atoms with E-state index >= 15 is 0 Å². The largest absolute Gasteiger partial charge is 2.00 e. The molecule has 0 unspecified atom stereocenters. The fourth-order valence-electron chi connectivity index (χ4n) is 0.768. The van der Waals surface area contributed by atoms with E-state index in [1.54, 1.807) is 0 Å². The normalized spacial score (nSPS) is 10.3. The molecule has 1 heterocycles. The molecular formula is C7H7FeN2O4P. The van der Waals surface area contributed by atoms with Gasteiger partial charge in [0.25, 0.3) is 5.91 Å². The van der Waals surface area contributed by atoms with Crippen molar-refractivity contribution in [3.05, 3.63) is 30.1 Å². The summed E-state index contributed by atoms with van der Waals surface area (Å²) in [5.41, 5.74) is 0.209. The van der Waals surface area contributed by atoms with Crippen LogP contribution in [0.25, 0.3) is 0 Å². The van der Waals surface area contributed by atoms with Gasteiger partial charge >= 0.3 is 17.1 Å². The van der Waals surface area contributed by atoms with Crippen LogP contribution in [0.5, 0.6) is 0 Å². The van der Waals surface area contributed by atoms with Gasteiger partial charge in [-0.15, -0.1) is 0 Å². The zero-order valence-corrected chi connectivity index (χ0v) is 9.40. The summed E-state index contributed by atoms with van der Waals surface area (Å²) in [4.78, 5) is 35.2. The van der Waals surface area contributed by atoms with Gasteiger partial charge < -0.3 is 19.7 Å². The fourth-order valence-corrected chi connectivity index (χ4v) is 1.11. The Morgan fingerprint density at radius 2 is 2.20 bits per heavy atom. The van der Waals surface area contributed by atoms with Gasteiger partial charge in [0.15, 0.2) is 0 Å².